The van der Waals surface area contributed by atoms with Crippen LogP contribution in [0.2, 0.25) is 5.02 Å². The van der Waals surface area contributed by atoms with Crippen molar-refractivity contribution in [1.29, 1.82) is 0 Å². The number of amides is 1. The molecule has 204 valence electrons. The van der Waals surface area contributed by atoms with Gasteiger partial charge >= 0.3 is 0 Å². The summed E-state index contributed by atoms with van der Waals surface area (Å²) in [5, 5.41) is 57.0. The van der Waals surface area contributed by atoms with Crippen molar-refractivity contribution in [3.63, 3.8) is 0 Å². The molecule has 0 spiro atoms. The van der Waals surface area contributed by atoms with Gasteiger partial charge in [-0.15, -0.1) is 0 Å². The van der Waals surface area contributed by atoms with Gasteiger partial charge in [-0.1, -0.05) is 28.9 Å². The molecular weight excluding hydrogens is 524 g/mol. The molecule has 6 N–H and O–H groups in total. The Kier molecular flexibility index (Phi) is 8.41. The Morgan fingerprint density at radius 2 is 1.84 bits per heavy atom. The van der Waals surface area contributed by atoms with E-state index in [0.29, 0.717) is 17.9 Å². The highest BCUT2D eigenvalue weighted by atomic mass is 35.5. The molecule has 4 rings (SSSR count). The number of hydrogen-bond donors (Lipinski definition) is 6. The number of benzene rings is 2. The zero-order valence-electron chi connectivity index (χ0n) is 20.4. The summed E-state index contributed by atoms with van der Waals surface area (Å²) in [6.07, 6.45) is -7.81. The van der Waals surface area contributed by atoms with Gasteiger partial charge in [0, 0.05) is 12.6 Å². The first-order valence-electron chi connectivity index (χ1n) is 11.6. The highest BCUT2D eigenvalue weighted by Crippen LogP contribution is 2.44. The molecule has 5 atom stereocenters. The molecule has 0 radical (unpaired) electrons. The van der Waals surface area contributed by atoms with Gasteiger partial charge in [-0.25, -0.2) is 0 Å². The average Bonchev–Trinajstić information content (AvgIpc) is 3.36. The van der Waals surface area contributed by atoms with Crippen molar-refractivity contribution in [2.75, 3.05) is 20.3 Å². The van der Waals surface area contributed by atoms with Gasteiger partial charge in [-0.3, -0.25) is 4.79 Å². The quantitative estimate of drug-likeness (QED) is 0.237. The van der Waals surface area contributed by atoms with Crippen LogP contribution in [0.15, 0.2) is 40.9 Å². The highest BCUT2D eigenvalue weighted by molar-refractivity contribution is 6.32. The summed E-state index contributed by atoms with van der Waals surface area (Å²) in [6.45, 7) is 1.42. The van der Waals surface area contributed by atoms with Crippen LogP contribution in [0.5, 0.6) is 17.2 Å². The second-order valence-corrected chi connectivity index (χ2v) is 8.85. The van der Waals surface area contributed by atoms with Gasteiger partial charge in [0.25, 0.3) is 5.91 Å². The van der Waals surface area contributed by atoms with Crippen molar-refractivity contribution in [3.05, 3.63) is 47.1 Å². The zero-order chi connectivity index (χ0) is 27.6. The Balaban J connectivity index is 1.84. The number of hydrogen-bond acceptors (Lipinski definition) is 11. The maximum absolute atomic E-state index is 12.8. The molecule has 1 fully saturated rings. The maximum atomic E-state index is 12.8. The zero-order valence-corrected chi connectivity index (χ0v) is 21.1. The number of nitrogens with zero attached hydrogens (tertiary/aromatic N) is 1. The molecule has 2 aromatic carbocycles. The first-order chi connectivity index (χ1) is 18.2. The minimum atomic E-state index is -1.72. The van der Waals surface area contributed by atoms with Crippen LogP contribution in [0.1, 0.15) is 17.4 Å². The van der Waals surface area contributed by atoms with E-state index in [2.05, 4.69) is 10.5 Å². The third-order valence-electron chi connectivity index (χ3n) is 6.01. The fraction of sp³-hybridized carbons (Fsp3) is 0.360. The number of phenolic OH excluding ortho intramolecular Hbond substituents is 1. The van der Waals surface area contributed by atoms with Crippen LogP contribution in [-0.4, -0.2) is 87.6 Å². The molecule has 1 saturated heterocycles. The minimum Gasteiger partial charge on any atom is -0.506 e. The maximum Gasteiger partial charge on any atom is 0.274 e. The number of ether oxygens (including phenoxy) is 3. The summed E-state index contributed by atoms with van der Waals surface area (Å²) in [5.74, 6) is -0.396. The van der Waals surface area contributed by atoms with Crippen LogP contribution in [0.25, 0.3) is 22.5 Å². The number of rotatable bonds is 8. The molecule has 0 saturated carbocycles. The standard InChI is InChI=1S/C25H27ClN2O10/c1-3-27-24(34)19-18(11-4-6-12(35-2)7-5-11)23(38-28-19)13-8-14(26)15(30)9-16(13)36-25-22(33)21(32)20(31)17(10-29)37-25/h4-9,17,20-22,25,29-33H,3,10H2,1-2H3,(H,27,34)/t17-,20+,21+,22-,25-/m1/s1. The Morgan fingerprint density at radius 3 is 2.47 bits per heavy atom. The van der Waals surface area contributed by atoms with Gasteiger partial charge in [0.05, 0.1) is 29.9 Å². The fourth-order valence-corrected chi connectivity index (χ4v) is 4.17. The smallest absolute Gasteiger partial charge is 0.274 e. The van der Waals surface area contributed by atoms with Gasteiger partial charge in [0.1, 0.15) is 41.7 Å². The van der Waals surface area contributed by atoms with Gasteiger partial charge in [-0.2, -0.15) is 0 Å². The number of nitrogens with one attached hydrogen (secondary N) is 1. The van der Waals surface area contributed by atoms with Crippen molar-refractivity contribution < 1.29 is 49.1 Å². The van der Waals surface area contributed by atoms with Crippen molar-refractivity contribution in [3.8, 4) is 39.7 Å². The largest absolute Gasteiger partial charge is 0.506 e. The van der Waals surface area contributed by atoms with Crippen LogP contribution in [0.3, 0.4) is 0 Å². The average molecular weight is 551 g/mol. The summed E-state index contributed by atoms with van der Waals surface area (Å²) in [4.78, 5) is 12.8. The molecule has 13 heteroatoms. The highest BCUT2D eigenvalue weighted by Gasteiger charge is 2.45. The molecular formula is C25H27ClN2O10. The van der Waals surface area contributed by atoms with E-state index >= 15 is 0 Å². The SMILES string of the molecule is CCNC(=O)c1noc(-c2cc(Cl)c(O)cc2O[C@@H]2O[C@H](CO)[C@H](O)[C@H](O)[C@H]2O)c1-c1ccc(OC)cc1. The Hall–Kier alpha value is -3.39. The van der Waals surface area contributed by atoms with E-state index in [9.17, 15) is 30.3 Å². The number of methoxy groups -OCH3 is 1. The Bertz CT molecular complexity index is 1280. The van der Waals surface area contributed by atoms with E-state index in [1.165, 1.54) is 13.2 Å². The molecule has 3 aromatic rings. The van der Waals surface area contributed by atoms with Gasteiger partial charge in [-0.05, 0) is 30.7 Å². The molecule has 0 unspecified atom stereocenters. The van der Waals surface area contributed by atoms with E-state index in [0.717, 1.165) is 6.07 Å². The molecule has 0 bridgehead atoms. The third kappa shape index (κ3) is 5.27. The lowest BCUT2D eigenvalue weighted by Gasteiger charge is -2.39. The number of aliphatic hydroxyl groups is 4. The molecule has 0 aliphatic carbocycles. The fourth-order valence-electron chi connectivity index (χ4n) is 4.01. The summed E-state index contributed by atoms with van der Waals surface area (Å²) in [5.41, 5.74) is 0.902. The van der Waals surface area contributed by atoms with E-state index in [1.807, 2.05) is 0 Å². The molecule has 1 aliphatic rings. The number of aromatic hydroxyl groups is 1. The number of carbonyl (C=O) groups excluding carboxylic acids is 1. The van der Waals surface area contributed by atoms with Crippen molar-refractivity contribution >= 4 is 17.5 Å². The molecule has 2 heterocycles. The predicted octanol–water partition coefficient (Wildman–Crippen LogP) is 1.30. The van der Waals surface area contributed by atoms with Gasteiger partial charge < -0.3 is 49.6 Å². The first-order valence-corrected chi connectivity index (χ1v) is 12.0. The molecule has 1 aromatic heterocycles. The molecule has 12 nitrogen and oxygen atoms in total. The van der Waals surface area contributed by atoms with Gasteiger partial charge in [0.2, 0.25) is 6.29 Å². The lowest BCUT2D eigenvalue weighted by molar-refractivity contribution is -0.277. The van der Waals surface area contributed by atoms with Crippen LogP contribution in [-0.2, 0) is 4.74 Å². The molecule has 38 heavy (non-hydrogen) atoms. The third-order valence-corrected chi connectivity index (χ3v) is 6.31. The molecule has 1 aliphatic heterocycles. The Morgan fingerprint density at radius 1 is 1.13 bits per heavy atom. The predicted molar refractivity (Wildman–Crippen MR) is 133 cm³/mol. The van der Waals surface area contributed by atoms with Gasteiger partial charge in [0.15, 0.2) is 11.5 Å². The molecule has 1 amide bonds. The number of aliphatic hydroxyl groups excluding tert-OH is 4. The second-order valence-electron chi connectivity index (χ2n) is 8.44. The lowest BCUT2D eigenvalue weighted by atomic mass is 9.97. The van der Waals surface area contributed by atoms with Crippen molar-refractivity contribution in [2.45, 2.75) is 37.6 Å². The van der Waals surface area contributed by atoms with Crippen LogP contribution >= 0.6 is 11.6 Å². The van der Waals surface area contributed by atoms with E-state index in [-0.39, 0.29) is 39.1 Å². The second kappa shape index (κ2) is 11.6. The number of aromatic nitrogens is 1. The summed E-state index contributed by atoms with van der Waals surface area (Å²) < 4.78 is 22.1. The van der Waals surface area contributed by atoms with Crippen molar-refractivity contribution in [2.24, 2.45) is 0 Å². The topological polar surface area (TPSA) is 184 Å². The van der Waals surface area contributed by atoms with Crippen molar-refractivity contribution in [1.82, 2.24) is 10.5 Å². The summed E-state index contributed by atoms with van der Waals surface area (Å²) in [7, 11) is 1.51. The summed E-state index contributed by atoms with van der Waals surface area (Å²) in [6, 6.07) is 9.19. The van der Waals surface area contributed by atoms with E-state index in [4.69, 9.17) is 30.3 Å². The van der Waals surface area contributed by atoms with Crippen LogP contribution in [0.4, 0.5) is 0 Å². The Labute approximate surface area is 221 Å². The number of phenols is 1. The van der Waals surface area contributed by atoms with E-state index in [1.54, 1.807) is 31.2 Å². The summed E-state index contributed by atoms with van der Waals surface area (Å²) >= 11 is 6.20. The lowest BCUT2D eigenvalue weighted by Crippen LogP contribution is -2.60. The van der Waals surface area contributed by atoms with Crippen LogP contribution < -0.4 is 14.8 Å². The number of halogens is 1. The minimum absolute atomic E-state index is 0.0324. The number of carbonyl (C=O) groups is 1. The first kappa shape index (κ1) is 27.6. The monoisotopic (exact) mass is 550 g/mol. The van der Waals surface area contributed by atoms with Crippen LogP contribution in [0, 0.1) is 0 Å². The van der Waals surface area contributed by atoms with E-state index < -0.39 is 43.2 Å². The normalized spacial score (nSPS) is 23.2.